The summed E-state index contributed by atoms with van der Waals surface area (Å²) in [5.41, 5.74) is 0. The first-order chi connectivity index (χ1) is 6.77. The lowest BCUT2D eigenvalue weighted by molar-refractivity contribution is -0.241. The van der Waals surface area contributed by atoms with Crippen LogP contribution in [0.3, 0.4) is 0 Å². The third-order valence-electron chi connectivity index (χ3n) is 1.05. The zero-order chi connectivity index (χ0) is 13.4. The number of hydrogen-bond donors (Lipinski definition) is 1. The summed E-state index contributed by atoms with van der Waals surface area (Å²) >= 11 is 0. The Kier molecular flexibility index (Phi) is 3.89. The van der Waals surface area contributed by atoms with Crippen molar-refractivity contribution in [3.05, 3.63) is 0 Å². The summed E-state index contributed by atoms with van der Waals surface area (Å²) in [6.45, 7) is 0. The van der Waals surface area contributed by atoms with Gasteiger partial charge >= 0.3 is 11.4 Å². The standard InChI is InChI=1S/C3H3F6NO4S2/c4-1-15(11,12)10-16(13,14)3(8,9)2(5,6)7/h10H,1H2. The largest absolute Gasteiger partial charge is 0.471 e. The quantitative estimate of drug-likeness (QED) is 0.757. The number of rotatable bonds is 4. The third kappa shape index (κ3) is 2.98. The topological polar surface area (TPSA) is 80.3 Å². The third-order valence-corrected chi connectivity index (χ3v) is 4.13. The van der Waals surface area contributed by atoms with Crippen LogP contribution in [-0.2, 0) is 20.0 Å². The van der Waals surface area contributed by atoms with Gasteiger partial charge in [-0.2, -0.15) is 22.0 Å². The molecule has 0 aromatic carbocycles. The molecular weight excluding hydrogens is 292 g/mol. The fourth-order valence-corrected chi connectivity index (χ4v) is 2.63. The molecule has 0 atom stereocenters. The molecule has 0 saturated heterocycles. The van der Waals surface area contributed by atoms with E-state index in [0.29, 0.717) is 0 Å². The molecule has 0 aliphatic rings. The molecule has 0 aromatic rings. The van der Waals surface area contributed by atoms with Crippen LogP contribution in [0.1, 0.15) is 0 Å². The number of hydrogen-bond acceptors (Lipinski definition) is 4. The van der Waals surface area contributed by atoms with Gasteiger partial charge in [-0.15, -0.1) is 4.13 Å². The van der Waals surface area contributed by atoms with Gasteiger partial charge < -0.3 is 0 Å². The van der Waals surface area contributed by atoms with Crippen LogP contribution >= 0.6 is 0 Å². The summed E-state index contributed by atoms with van der Waals surface area (Å²) in [4.78, 5) is 0. The molecule has 0 heterocycles. The summed E-state index contributed by atoms with van der Waals surface area (Å²) in [5.74, 6) is 0. The van der Waals surface area contributed by atoms with E-state index in [1.807, 2.05) is 0 Å². The number of sulfonamides is 2. The molecule has 16 heavy (non-hydrogen) atoms. The lowest BCUT2D eigenvalue weighted by Gasteiger charge is -2.19. The maximum absolute atomic E-state index is 12.2. The molecule has 0 aliphatic carbocycles. The Morgan fingerprint density at radius 3 is 1.56 bits per heavy atom. The van der Waals surface area contributed by atoms with Crippen LogP contribution < -0.4 is 4.13 Å². The molecule has 0 radical (unpaired) electrons. The van der Waals surface area contributed by atoms with Crippen LogP contribution in [0.4, 0.5) is 26.3 Å². The minimum atomic E-state index is -6.62. The molecule has 5 nitrogen and oxygen atoms in total. The highest BCUT2D eigenvalue weighted by atomic mass is 32.3. The predicted octanol–water partition coefficient (Wildman–Crippen LogP) is 0.318. The van der Waals surface area contributed by atoms with Crippen molar-refractivity contribution in [2.24, 2.45) is 0 Å². The van der Waals surface area contributed by atoms with Gasteiger partial charge in [0.15, 0.2) is 0 Å². The van der Waals surface area contributed by atoms with Crippen LogP contribution in [0.2, 0.25) is 0 Å². The fourth-order valence-electron chi connectivity index (χ4n) is 0.394. The molecule has 0 unspecified atom stereocenters. The van der Waals surface area contributed by atoms with Crippen molar-refractivity contribution < 1.29 is 43.2 Å². The maximum Gasteiger partial charge on any atom is 0.471 e. The van der Waals surface area contributed by atoms with E-state index >= 15 is 0 Å². The van der Waals surface area contributed by atoms with Crippen LogP contribution in [0.5, 0.6) is 0 Å². The average molecular weight is 295 g/mol. The van der Waals surface area contributed by atoms with E-state index in [4.69, 9.17) is 0 Å². The van der Waals surface area contributed by atoms with Gasteiger partial charge in [0.2, 0.25) is 6.01 Å². The second-order valence-electron chi connectivity index (χ2n) is 2.33. The number of nitrogens with one attached hydrogen (secondary N) is 1. The van der Waals surface area contributed by atoms with Gasteiger partial charge in [-0.05, 0) is 0 Å². The summed E-state index contributed by atoms with van der Waals surface area (Å²) < 4.78 is 112. The van der Waals surface area contributed by atoms with Gasteiger partial charge in [0.05, 0.1) is 0 Å². The van der Waals surface area contributed by atoms with Gasteiger partial charge in [0, 0.05) is 0 Å². The van der Waals surface area contributed by atoms with E-state index in [9.17, 15) is 43.2 Å². The Morgan fingerprint density at radius 2 is 1.31 bits per heavy atom. The zero-order valence-corrected chi connectivity index (χ0v) is 8.56. The lowest BCUT2D eigenvalue weighted by atomic mass is 10.7. The van der Waals surface area contributed by atoms with E-state index in [1.54, 1.807) is 0 Å². The van der Waals surface area contributed by atoms with E-state index in [-0.39, 0.29) is 4.13 Å². The van der Waals surface area contributed by atoms with Crippen LogP contribution in [0.15, 0.2) is 0 Å². The fraction of sp³-hybridized carbons (Fsp3) is 1.00. The van der Waals surface area contributed by atoms with Crippen molar-refractivity contribution in [3.8, 4) is 0 Å². The molecule has 13 heteroatoms. The highest BCUT2D eigenvalue weighted by molar-refractivity contribution is 8.05. The van der Waals surface area contributed by atoms with Crippen molar-refractivity contribution in [1.29, 1.82) is 0 Å². The molecule has 0 amide bonds. The summed E-state index contributed by atoms with van der Waals surface area (Å²) in [6, 6.07) is -2.46. The van der Waals surface area contributed by atoms with Crippen LogP contribution in [-0.4, -0.2) is 34.3 Å². The monoisotopic (exact) mass is 295 g/mol. The first kappa shape index (κ1) is 15.4. The Balaban J connectivity index is 5.42. The van der Waals surface area contributed by atoms with E-state index in [1.165, 1.54) is 0 Å². The Labute approximate surface area is 85.5 Å². The minimum absolute atomic E-state index is 0.0715. The molecule has 0 bridgehead atoms. The molecule has 0 saturated carbocycles. The van der Waals surface area contributed by atoms with E-state index < -0.39 is 37.5 Å². The highest BCUT2D eigenvalue weighted by Gasteiger charge is 2.68. The van der Waals surface area contributed by atoms with Gasteiger partial charge in [0.1, 0.15) is 0 Å². The predicted molar refractivity (Wildman–Crippen MR) is 38.0 cm³/mol. The van der Waals surface area contributed by atoms with E-state index in [2.05, 4.69) is 0 Å². The molecule has 0 rings (SSSR count). The molecule has 98 valence electrons. The molecule has 0 aromatic heterocycles. The smallest absolute Gasteiger partial charge is 0.232 e. The second kappa shape index (κ2) is 4.03. The van der Waals surface area contributed by atoms with Crippen LogP contribution in [0, 0.1) is 0 Å². The highest BCUT2D eigenvalue weighted by Crippen LogP contribution is 2.39. The van der Waals surface area contributed by atoms with Crippen molar-refractivity contribution >= 4 is 20.0 Å². The molecule has 0 aliphatic heterocycles. The number of halogens is 6. The molecule has 0 fully saturated rings. The zero-order valence-electron chi connectivity index (χ0n) is 6.92. The molecular formula is C3H3F6NO4S2. The van der Waals surface area contributed by atoms with Gasteiger partial charge in [-0.25, -0.2) is 21.2 Å². The number of alkyl halides is 6. The average Bonchev–Trinajstić information content (AvgIpc) is 2.00. The summed E-state index contributed by atoms with van der Waals surface area (Å²) in [6.07, 6.45) is -6.52. The minimum Gasteiger partial charge on any atom is -0.232 e. The van der Waals surface area contributed by atoms with Gasteiger partial charge in [0.25, 0.3) is 20.0 Å². The Hall–Kier alpha value is -0.560. The van der Waals surface area contributed by atoms with E-state index in [0.717, 1.165) is 0 Å². The lowest BCUT2D eigenvalue weighted by Crippen LogP contribution is -2.51. The summed E-state index contributed by atoms with van der Waals surface area (Å²) in [5, 5.41) is -6.34. The van der Waals surface area contributed by atoms with Crippen molar-refractivity contribution in [2.45, 2.75) is 11.4 Å². The Morgan fingerprint density at radius 1 is 0.938 bits per heavy atom. The van der Waals surface area contributed by atoms with Gasteiger partial charge in [-0.1, -0.05) is 0 Å². The Bertz CT molecular complexity index is 449. The van der Waals surface area contributed by atoms with Crippen LogP contribution in [0.25, 0.3) is 0 Å². The molecule has 1 N–H and O–H groups in total. The van der Waals surface area contributed by atoms with Crippen molar-refractivity contribution in [1.82, 2.24) is 4.13 Å². The molecule has 0 spiro atoms. The van der Waals surface area contributed by atoms with Gasteiger partial charge in [-0.3, -0.25) is 0 Å². The SMILES string of the molecule is O=S(=O)(CF)NS(=O)(=O)C(F)(F)C(F)(F)F. The first-order valence-electron chi connectivity index (χ1n) is 3.03. The summed E-state index contributed by atoms with van der Waals surface area (Å²) in [7, 11) is -12.0. The first-order valence-corrected chi connectivity index (χ1v) is 6.17. The normalized spacial score (nSPS) is 15.1. The van der Waals surface area contributed by atoms with Crippen molar-refractivity contribution in [2.75, 3.05) is 6.01 Å². The second-order valence-corrected chi connectivity index (χ2v) is 5.96. The van der Waals surface area contributed by atoms with Crippen molar-refractivity contribution in [3.63, 3.8) is 0 Å². The maximum atomic E-state index is 12.2.